The van der Waals surface area contributed by atoms with Gasteiger partial charge in [0.05, 0.1) is 0 Å². The molecule has 106 valence electrons. The van der Waals surface area contributed by atoms with Gasteiger partial charge in [-0.3, -0.25) is 4.79 Å². The van der Waals surface area contributed by atoms with Gasteiger partial charge in [-0.25, -0.2) is 0 Å². The molecule has 4 nitrogen and oxygen atoms in total. The molecule has 0 aliphatic carbocycles. The topological polar surface area (TPSA) is 43.8 Å². The van der Waals surface area contributed by atoms with E-state index >= 15 is 0 Å². The summed E-state index contributed by atoms with van der Waals surface area (Å²) in [6, 6.07) is 5.62. The Morgan fingerprint density at radius 2 is 1.95 bits per heavy atom. The monoisotopic (exact) mass is 272 g/mol. The van der Waals surface area contributed by atoms with Gasteiger partial charge < -0.3 is 14.9 Å². The van der Waals surface area contributed by atoms with Gasteiger partial charge in [-0.05, 0) is 37.7 Å². The summed E-state index contributed by atoms with van der Waals surface area (Å²) < 4.78 is 0. The van der Waals surface area contributed by atoms with Gasteiger partial charge in [-0.15, -0.1) is 0 Å². The number of benzene rings is 1. The molecule has 1 heterocycles. The van der Waals surface area contributed by atoms with E-state index in [1.54, 1.807) is 6.07 Å². The van der Waals surface area contributed by atoms with Crippen molar-refractivity contribution in [2.75, 3.05) is 39.8 Å². The van der Waals surface area contributed by atoms with Crippen LogP contribution in [0.1, 0.15) is 21.5 Å². The number of aliphatic hydroxyl groups is 1. The first-order chi connectivity index (χ1) is 9.60. The number of likely N-dealkylation sites (N-methyl/N-ethyl adjacent to an activating group) is 1. The van der Waals surface area contributed by atoms with E-state index in [-0.39, 0.29) is 12.5 Å². The average Bonchev–Trinajstić information content (AvgIpc) is 2.44. The summed E-state index contributed by atoms with van der Waals surface area (Å²) in [6.07, 6.45) is 0. The van der Waals surface area contributed by atoms with E-state index in [1.165, 1.54) is 0 Å². The highest BCUT2D eigenvalue weighted by atomic mass is 16.2. The molecule has 0 bridgehead atoms. The van der Waals surface area contributed by atoms with Crippen molar-refractivity contribution in [3.63, 3.8) is 0 Å². The van der Waals surface area contributed by atoms with Gasteiger partial charge in [-0.1, -0.05) is 11.8 Å². The summed E-state index contributed by atoms with van der Waals surface area (Å²) in [5.41, 5.74) is 2.46. The van der Waals surface area contributed by atoms with Crippen LogP contribution in [0.15, 0.2) is 18.2 Å². The SMILES string of the molecule is Cc1cc(C#CCO)cc(C(=O)N2CCN(C)CC2)c1. The number of aliphatic hydroxyl groups excluding tert-OH is 1. The zero-order valence-electron chi connectivity index (χ0n) is 12.0. The van der Waals surface area contributed by atoms with E-state index in [2.05, 4.69) is 23.8 Å². The third kappa shape index (κ3) is 3.60. The molecule has 4 heteroatoms. The molecule has 0 aromatic heterocycles. The van der Waals surface area contributed by atoms with Crippen LogP contribution in [0.25, 0.3) is 0 Å². The first-order valence-corrected chi connectivity index (χ1v) is 6.79. The summed E-state index contributed by atoms with van der Waals surface area (Å²) in [7, 11) is 2.07. The Labute approximate surface area is 120 Å². The molecule has 0 spiro atoms. The third-order valence-corrected chi connectivity index (χ3v) is 3.43. The van der Waals surface area contributed by atoms with Crippen LogP contribution in [-0.2, 0) is 0 Å². The molecular weight excluding hydrogens is 252 g/mol. The predicted octanol–water partition coefficient (Wildman–Crippen LogP) is 0.726. The van der Waals surface area contributed by atoms with Crippen molar-refractivity contribution in [1.82, 2.24) is 9.80 Å². The molecule has 20 heavy (non-hydrogen) atoms. The second-order valence-corrected chi connectivity index (χ2v) is 5.14. The van der Waals surface area contributed by atoms with E-state index in [9.17, 15) is 4.79 Å². The minimum Gasteiger partial charge on any atom is -0.384 e. The highest BCUT2D eigenvalue weighted by molar-refractivity contribution is 5.95. The Kier molecular flexibility index (Phi) is 4.78. The first-order valence-electron chi connectivity index (χ1n) is 6.79. The van der Waals surface area contributed by atoms with Crippen LogP contribution in [0.2, 0.25) is 0 Å². The van der Waals surface area contributed by atoms with Crippen LogP contribution in [0.5, 0.6) is 0 Å². The molecule has 1 aliphatic rings. The fourth-order valence-corrected chi connectivity index (χ4v) is 2.31. The minimum absolute atomic E-state index is 0.0637. The Bertz CT molecular complexity index is 549. The van der Waals surface area contributed by atoms with Gasteiger partial charge >= 0.3 is 0 Å². The number of carbonyl (C=O) groups excluding carboxylic acids is 1. The van der Waals surface area contributed by atoms with Crippen LogP contribution >= 0.6 is 0 Å². The van der Waals surface area contributed by atoms with E-state index in [4.69, 9.17) is 5.11 Å². The van der Waals surface area contributed by atoms with Gasteiger partial charge in [-0.2, -0.15) is 0 Å². The quantitative estimate of drug-likeness (QED) is 0.766. The summed E-state index contributed by atoms with van der Waals surface area (Å²) in [4.78, 5) is 16.6. The largest absolute Gasteiger partial charge is 0.384 e. The van der Waals surface area contributed by atoms with Crippen molar-refractivity contribution in [2.24, 2.45) is 0 Å². The lowest BCUT2D eigenvalue weighted by Crippen LogP contribution is -2.47. The van der Waals surface area contributed by atoms with Gasteiger partial charge in [0, 0.05) is 37.3 Å². The van der Waals surface area contributed by atoms with E-state index in [0.29, 0.717) is 5.56 Å². The Morgan fingerprint density at radius 1 is 1.25 bits per heavy atom. The smallest absolute Gasteiger partial charge is 0.253 e. The number of piperazine rings is 1. The number of hydrogen-bond donors (Lipinski definition) is 1. The van der Waals surface area contributed by atoms with Crippen LogP contribution in [0.3, 0.4) is 0 Å². The average molecular weight is 272 g/mol. The number of rotatable bonds is 1. The van der Waals surface area contributed by atoms with Crippen LogP contribution in [-0.4, -0.2) is 60.6 Å². The van der Waals surface area contributed by atoms with E-state index in [1.807, 2.05) is 24.0 Å². The lowest BCUT2D eigenvalue weighted by Gasteiger charge is -2.32. The maximum Gasteiger partial charge on any atom is 0.253 e. The second kappa shape index (κ2) is 6.56. The Balaban J connectivity index is 2.19. The fraction of sp³-hybridized carbons (Fsp3) is 0.438. The molecule has 2 rings (SSSR count). The van der Waals surface area contributed by atoms with Crippen molar-refractivity contribution < 1.29 is 9.90 Å². The molecule has 1 aromatic carbocycles. The number of carbonyl (C=O) groups is 1. The molecule has 0 saturated carbocycles. The molecule has 0 atom stereocenters. The fourth-order valence-electron chi connectivity index (χ4n) is 2.31. The van der Waals surface area contributed by atoms with Crippen LogP contribution < -0.4 is 0 Å². The van der Waals surface area contributed by atoms with Crippen LogP contribution in [0, 0.1) is 18.8 Å². The number of hydrogen-bond acceptors (Lipinski definition) is 3. The van der Waals surface area contributed by atoms with Crippen molar-refractivity contribution in [3.8, 4) is 11.8 Å². The molecule has 1 N–H and O–H groups in total. The molecule has 0 radical (unpaired) electrons. The molecule has 0 unspecified atom stereocenters. The molecule has 1 saturated heterocycles. The van der Waals surface area contributed by atoms with Gasteiger partial charge in [0.1, 0.15) is 6.61 Å². The molecule has 1 fully saturated rings. The second-order valence-electron chi connectivity index (χ2n) is 5.14. The summed E-state index contributed by atoms with van der Waals surface area (Å²) in [5, 5.41) is 8.75. The summed E-state index contributed by atoms with van der Waals surface area (Å²) in [6.45, 7) is 5.13. The molecular formula is C16H20N2O2. The lowest BCUT2D eigenvalue weighted by atomic mass is 10.1. The van der Waals surface area contributed by atoms with Crippen molar-refractivity contribution in [2.45, 2.75) is 6.92 Å². The zero-order valence-corrected chi connectivity index (χ0v) is 12.0. The molecule has 1 aliphatic heterocycles. The summed E-state index contributed by atoms with van der Waals surface area (Å²) >= 11 is 0. The van der Waals surface area contributed by atoms with Crippen molar-refractivity contribution >= 4 is 5.91 Å². The molecule has 1 amide bonds. The Hall–Kier alpha value is -1.83. The standard InChI is InChI=1S/C16H20N2O2/c1-13-10-14(4-3-9-19)12-15(11-13)16(20)18-7-5-17(2)6-8-18/h10-12,19H,5-9H2,1-2H3. The predicted molar refractivity (Wildman–Crippen MR) is 78.5 cm³/mol. The number of amides is 1. The highest BCUT2D eigenvalue weighted by Gasteiger charge is 2.20. The van der Waals surface area contributed by atoms with Crippen LogP contribution in [0.4, 0.5) is 0 Å². The minimum atomic E-state index is -0.171. The van der Waals surface area contributed by atoms with E-state index in [0.717, 1.165) is 37.3 Å². The lowest BCUT2D eigenvalue weighted by molar-refractivity contribution is 0.0664. The Morgan fingerprint density at radius 3 is 2.60 bits per heavy atom. The van der Waals surface area contributed by atoms with E-state index < -0.39 is 0 Å². The third-order valence-electron chi connectivity index (χ3n) is 3.43. The first kappa shape index (κ1) is 14.6. The van der Waals surface area contributed by atoms with Gasteiger partial charge in [0.2, 0.25) is 0 Å². The summed E-state index contributed by atoms with van der Waals surface area (Å²) in [5.74, 6) is 5.54. The van der Waals surface area contributed by atoms with Gasteiger partial charge in [0.25, 0.3) is 5.91 Å². The van der Waals surface area contributed by atoms with Crippen molar-refractivity contribution in [1.29, 1.82) is 0 Å². The number of aryl methyl sites for hydroxylation is 1. The number of nitrogens with zero attached hydrogens (tertiary/aromatic N) is 2. The maximum absolute atomic E-state index is 12.5. The normalized spacial score (nSPS) is 15.7. The van der Waals surface area contributed by atoms with Crippen molar-refractivity contribution in [3.05, 3.63) is 34.9 Å². The zero-order chi connectivity index (χ0) is 14.5. The molecule has 1 aromatic rings. The van der Waals surface area contributed by atoms with Gasteiger partial charge in [0.15, 0.2) is 0 Å². The maximum atomic E-state index is 12.5. The highest BCUT2D eigenvalue weighted by Crippen LogP contribution is 2.13.